The second-order valence-corrected chi connectivity index (χ2v) is 7.70. The van der Waals surface area contributed by atoms with E-state index < -0.39 is 17.2 Å². The van der Waals surface area contributed by atoms with Gasteiger partial charge in [-0.2, -0.15) is 0 Å². The molecule has 30 heavy (non-hydrogen) atoms. The van der Waals surface area contributed by atoms with E-state index in [0.29, 0.717) is 38.0 Å². The van der Waals surface area contributed by atoms with E-state index in [1.807, 2.05) is 12.2 Å². The maximum Gasteiger partial charge on any atom is 0.259 e. The highest BCUT2D eigenvalue weighted by atomic mass is 19.2. The van der Waals surface area contributed by atoms with Crippen LogP contribution in [0.2, 0.25) is 0 Å². The van der Waals surface area contributed by atoms with Gasteiger partial charge < -0.3 is 16.0 Å². The Labute approximate surface area is 173 Å². The average molecular weight is 420 g/mol. The monoisotopic (exact) mass is 420 g/mol. The van der Waals surface area contributed by atoms with Crippen LogP contribution in [-0.2, 0) is 11.2 Å². The van der Waals surface area contributed by atoms with Crippen LogP contribution < -0.4 is 16.0 Å². The van der Waals surface area contributed by atoms with Gasteiger partial charge in [-0.25, -0.2) is 8.78 Å². The van der Waals surface area contributed by atoms with Crippen LogP contribution in [0, 0.1) is 21.7 Å². The van der Waals surface area contributed by atoms with E-state index >= 15 is 0 Å². The summed E-state index contributed by atoms with van der Waals surface area (Å²) in [6.45, 7) is 1.57. The molecule has 1 aliphatic heterocycles. The summed E-state index contributed by atoms with van der Waals surface area (Å²) >= 11 is 0. The summed E-state index contributed by atoms with van der Waals surface area (Å²) in [4.78, 5) is 23.6. The van der Waals surface area contributed by atoms with Gasteiger partial charge in [0.25, 0.3) is 5.54 Å². The number of rotatable bonds is 8. The maximum atomic E-state index is 13.2. The first-order chi connectivity index (χ1) is 14.4. The molecule has 3 atom stereocenters. The summed E-state index contributed by atoms with van der Waals surface area (Å²) < 4.78 is 26.2. The molecule has 3 unspecified atom stereocenters. The number of nitrogens with one attached hydrogen (secondary N) is 3. The molecule has 7 nitrogen and oxygen atoms in total. The highest BCUT2D eigenvalue weighted by Gasteiger charge is 2.49. The molecule has 1 heterocycles. The van der Waals surface area contributed by atoms with Gasteiger partial charge in [-0.1, -0.05) is 24.3 Å². The van der Waals surface area contributed by atoms with Gasteiger partial charge in [0.15, 0.2) is 11.6 Å². The number of hydrogen-bond donors (Lipinski definition) is 3. The molecule has 162 valence electrons. The number of carbonyl (C=O) groups is 1. The molecule has 2 aliphatic rings. The van der Waals surface area contributed by atoms with Crippen LogP contribution in [-0.4, -0.2) is 48.1 Å². The van der Waals surface area contributed by atoms with E-state index in [2.05, 4.69) is 16.0 Å². The standard InChI is InChI=1S/C21H26F2N4O3/c22-17-5-4-15(12-18(17)23)13-20(28)26-11-10-24-16-6-9-25-19(14-16)21(27(29)30)7-2-1-3-8-21/h1-5,7,12,16,19,24-25H,6,8-11,13-14H2,(H,26,28). The van der Waals surface area contributed by atoms with Gasteiger partial charge in [0.1, 0.15) is 0 Å². The van der Waals surface area contributed by atoms with Gasteiger partial charge in [-0.3, -0.25) is 14.9 Å². The van der Waals surface area contributed by atoms with Gasteiger partial charge in [0.2, 0.25) is 5.91 Å². The maximum absolute atomic E-state index is 13.2. The van der Waals surface area contributed by atoms with Crippen molar-refractivity contribution in [3.63, 3.8) is 0 Å². The van der Waals surface area contributed by atoms with Gasteiger partial charge in [-0.05, 0) is 43.2 Å². The predicted octanol–water partition coefficient (Wildman–Crippen LogP) is 1.87. The Bertz CT molecular complexity index is 846. The number of piperidine rings is 1. The lowest BCUT2D eigenvalue weighted by Crippen LogP contribution is -2.60. The van der Waals surface area contributed by atoms with Crippen LogP contribution in [0.25, 0.3) is 0 Å². The lowest BCUT2D eigenvalue weighted by atomic mass is 9.79. The van der Waals surface area contributed by atoms with Crippen molar-refractivity contribution in [2.45, 2.75) is 43.3 Å². The highest BCUT2D eigenvalue weighted by molar-refractivity contribution is 5.78. The molecule has 0 spiro atoms. The van der Waals surface area contributed by atoms with E-state index in [-0.39, 0.29) is 29.3 Å². The van der Waals surface area contributed by atoms with Crippen molar-refractivity contribution in [2.24, 2.45) is 0 Å². The van der Waals surface area contributed by atoms with Gasteiger partial charge in [0, 0.05) is 30.5 Å². The summed E-state index contributed by atoms with van der Waals surface area (Å²) in [5.41, 5.74) is -0.728. The first-order valence-corrected chi connectivity index (χ1v) is 10.1. The summed E-state index contributed by atoms with van der Waals surface area (Å²) in [7, 11) is 0. The minimum absolute atomic E-state index is 0.0299. The molecule has 1 aromatic carbocycles. The first kappa shape index (κ1) is 22.0. The second-order valence-electron chi connectivity index (χ2n) is 7.70. The fraction of sp³-hybridized carbons (Fsp3) is 0.476. The molecule has 3 N–H and O–H groups in total. The second kappa shape index (κ2) is 9.90. The Hall–Kier alpha value is -2.65. The number of benzene rings is 1. The zero-order chi connectivity index (χ0) is 21.6. The molecule has 1 aromatic rings. The van der Waals surface area contributed by atoms with Crippen molar-refractivity contribution in [3.05, 3.63) is 69.8 Å². The number of hydrogen-bond acceptors (Lipinski definition) is 5. The molecule has 1 amide bonds. The van der Waals surface area contributed by atoms with E-state index in [1.54, 1.807) is 12.2 Å². The molecule has 0 aromatic heterocycles. The summed E-state index contributed by atoms with van der Waals surface area (Å²) in [5, 5.41) is 21.2. The van der Waals surface area contributed by atoms with Crippen LogP contribution >= 0.6 is 0 Å². The lowest BCUT2D eigenvalue weighted by molar-refractivity contribution is -0.560. The summed E-state index contributed by atoms with van der Waals surface area (Å²) in [5.74, 6) is -2.20. The Morgan fingerprint density at radius 2 is 2.10 bits per heavy atom. The third-order valence-electron chi connectivity index (χ3n) is 5.65. The fourth-order valence-corrected chi connectivity index (χ4v) is 4.01. The normalized spacial score (nSPS) is 25.8. The molecule has 0 radical (unpaired) electrons. The Morgan fingerprint density at radius 1 is 1.27 bits per heavy atom. The van der Waals surface area contributed by atoms with Crippen molar-refractivity contribution in [1.82, 2.24) is 16.0 Å². The van der Waals surface area contributed by atoms with Gasteiger partial charge in [0.05, 0.1) is 12.5 Å². The van der Waals surface area contributed by atoms with Crippen LogP contribution in [0.3, 0.4) is 0 Å². The predicted molar refractivity (Wildman–Crippen MR) is 109 cm³/mol. The SMILES string of the molecule is O=C(Cc1ccc(F)c(F)c1)NCCNC1CCNC(C2([N+](=O)[O-])C=CC=CC2)C1. The average Bonchev–Trinajstić information content (AvgIpc) is 2.74. The molecular formula is C21H26F2N4O3. The molecule has 1 saturated heterocycles. The molecule has 1 fully saturated rings. The number of allylic oxidation sites excluding steroid dienone is 2. The van der Waals surface area contributed by atoms with Crippen LogP contribution in [0.1, 0.15) is 24.8 Å². The van der Waals surface area contributed by atoms with Crippen molar-refractivity contribution >= 4 is 5.91 Å². The topological polar surface area (TPSA) is 96.3 Å². The quantitative estimate of drug-likeness (QED) is 0.339. The molecule has 0 saturated carbocycles. The summed E-state index contributed by atoms with van der Waals surface area (Å²) in [6.07, 6.45) is 8.83. The van der Waals surface area contributed by atoms with E-state index in [1.165, 1.54) is 6.07 Å². The van der Waals surface area contributed by atoms with Crippen molar-refractivity contribution in [3.8, 4) is 0 Å². The Kier molecular flexibility index (Phi) is 7.28. The van der Waals surface area contributed by atoms with Crippen molar-refractivity contribution in [1.29, 1.82) is 0 Å². The third-order valence-corrected chi connectivity index (χ3v) is 5.65. The Morgan fingerprint density at radius 3 is 2.80 bits per heavy atom. The van der Waals surface area contributed by atoms with Crippen LogP contribution in [0.5, 0.6) is 0 Å². The number of nitro groups is 1. The minimum Gasteiger partial charge on any atom is -0.355 e. The van der Waals surface area contributed by atoms with Crippen molar-refractivity contribution < 1.29 is 18.5 Å². The molecular weight excluding hydrogens is 394 g/mol. The largest absolute Gasteiger partial charge is 0.355 e. The highest BCUT2D eigenvalue weighted by Crippen LogP contribution is 2.30. The lowest BCUT2D eigenvalue weighted by Gasteiger charge is -2.38. The van der Waals surface area contributed by atoms with Gasteiger partial charge in [-0.15, -0.1) is 0 Å². The molecule has 1 aliphatic carbocycles. The number of halogens is 2. The zero-order valence-corrected chi connectivity index (χ0v) is 16.6. The smallest absolute Gasteiger partial charge is 0.259 e. The van der Waals surface area contributed by atoms with Gasteiger partial charge >= 0.3 is 0 Å². The van der Waals surface area contributed by atoms with Crippen molar-refractivity contribution in [2.75, 3.05) is 19.6 Å². The van der Waals surface area contributed by atoms with E-state index in [9.17, 15) is 23.7 Å². The van der Waals surface area contributed by atoms with Crippen LogP contribution in [0.15, 0.2) is 42.5 Å². The zero-order valence-electron chi connectivity index (χ0n) is 16.6. The fourth-order valence-electron chi connectivity index (χ4n) is 4.01. The minimum atomic E-state index is -1.13. The van der Waals surface area contributed by atoms with E-state index in [4.69, 9.17) is 0 Å². The number of nitrogens with zero attached hydrogens (tertiary/aromatic N) is 1. The molecule has 3 rings (SSSR count). The number of carbonyl (C=O) groups excluding carboxylic acids is 1. The molecule has 9 heteroatoms. The first-order valence-electron chi connectivity index (χ1n) is 10.1. The summed E-state index contributed by atoms with van der Waals surface area (Å²) in [6, 6.07) is 3.23. The molecule has 0 bridgehead atoms. The third kappa shape index (κ3) is 5.28. The Balaban J connectivity index is 1.43. The van der Waals surface area contributed by atoms with Crippen LogP contribution in [0.4, 0.5) is 8.78 Å². The van der Waals surface area contributed by atoms with E-state index in [0.717, 1.165) is 18.6 Å². The number of amides is 1.